The van der Waals surface area contributed by atoms with Crippen molar-refractivity contribution >= 4 is 18.4 Å². The van der Waals surface area contributed by atoms with Gasteiger partial charge in [-0.3, -0.25) is 4.79 Å². The topological polar surface area (TPSA) is 63.3 Å². The molecule has 1 saturated carbocycles. The lowest BCUT2D eigenvalue weighted by molar-refractivity contribution is -0.139. The summed E-state index contributed by atoms with van der Waals surface area (Å²) in [5.74, 6) is -0.872. The number of carboxylic acids is 1. The molecule has 1 aliphatic rings. The highest BCUT2D eigenvalue weighted by Crippen LogP contribution is 2.40. The van der Waals surface area contributed by atoms with Crippen LogP contribution in [0.4, 0.5) is 0 Å². The van der Waals surface area contributed by atoms with E-state index in [9.17, 15) is 4.79 Å². The Labute approximate surface area is 85.1 Å². The minimum atomic E-state index is -0.872. The fourth-order valence-electron chi connectivity index (χ4n) is 2.05. The van der Waals surface area contributed by atoms with Crippen LogP contribution < -0.4 is 5.73 Å². The van der Waals surface area contributed by atoms with E-state index >= 15 is 0 Å². The molecule has 1 atom stereocenters. The quantitative estimate of drug-likeness (QED) is 0.742. The molecule has 3 nitrogen and oxygen atoms in total. The molecule has 0 heterocycles. The van der Waals surface area contributed by atoms with Gasteiger partial charge in [-0.05, 0) is 24.7 Å². The summed E-state index contributed by atoms with van der Waals surface area (Å²) in [7, 11) is 0. The van der Waals surface area contributed by atoms with Crippen molar-refractivity contribution in [2.75, 3.05) is 0 Å². The molecule has 0 unspecified atom stereocenters. The first-order valence-corrected chi connectivity index (χ1v) is 4.52. The summed E-state index contributed by atoms with van der Waals surface area (Å²) in [5.41, 5.74) is 5.67. The summed E-state index contributed by atoms with van der Waals surface area (Å²) >= 11 is 0. The first kappa shape index (κ1) is 12.7. The Bertz CT molecular complexity index is 178. The number of nitrogens with two attached hydrogens (primary N) is 1. The standard InChI is InChI=1S/C9H17NO2.ClH/c1-9(4-2-3-5-9)6-7(10)8(11)12;/h7H,2-6,10H2,1H3,(H,11,12);1H/t7-;/m1./s1. The van der Waals surface area contributed by atoms with Crippen molar-refractivity contribution in [3.8, 4) is 0 Å². The van der Waals surface area contributed by atoms with Gasteiger partial charge in [0.2, 0.25) is 0 Å². The van der Waals surface area contributed by atoms with Crippen LogP contribution in [0.1, 0.15) is 39.0 Å². The number of rotatable bonds is 3. The minimum absolute atomic E-state index is 0. The number of halogens is 1. The molecule has 1 rings (SSSR count). The van der Waals surface area contributed by atoms with Gasteiger partial charge in [0.15, 0.2) is 0 Å². The van der Waals surface area contributed by atoms with Gasteiger partial charge in [-0.15, -0.1) is 12.4 Å². The Hall–Kier alpha value is -0.280. The summed E-state index contributed by atoms with van der Waals surface area (Å²) < 4.78 is 0. The van der Waals surface area contributed by atoms with Crippen LogP contribution in [0, 0.1) is 5.41 Å². The molecule has 0 aliphatic heterocycles. The summed E-state index contributed by atoms with van der Waals surface area (Å²) in [6, 6.07) is -0.673. The normalized spacial score (nSPS) is 22.0. The third kappa shape index (κ3) is 3.53. The predicted octanol–water partition coefficient (Wildman–Crippen LogP) is 1.79. The number of hydrogen-bond acceptors (Lipinski definition) is 2. The SMILES string of the molecule is CC1(C[C@@H](N)C(=O)O)CCCC1.Cl. The van der Waals surface area contributed by atoms with Crippen LogP contribution in [0.2, 0.25) is 0 Å². The molecular weight excluding hydrogens is 190 g/mol. The monoisotopic (exact) mass is 207 g/mol. The Morgan fingerprint density at radius 3 is 2.38 bits per heavy atom. The molecule has 0 spiro atoms. The van der Waals surface area contributed by atoms with E-state index in [1.165, 1.54) is 12.8 Å². The second-order valence-corrected chi connectivity index (χ2v) is 4.17. The van der Waals surface area contributed by atoms with Gasteiger partial charge in [0.25, 0.3) is 0 Å². The molecule has 0 aromatic carbocycles. The Kier molecular flexibility index (Phi) is 4.71. The average Bonchev–Trinajstić information content (AvgIpc) is 2.35. The van der Waals surface area contributed by atoms with Crippen LogP contribution in [0.15, 0.2) is 0 Å². The van der Waals surface area contributed by atoms with Gasteiger partial charge in [-0.25, -0.2) is 0 Å². The van der Waals surface area contributed by atoms with E-state index in [-0.39, 0.29) is 17.8 Å². The zero-order valence-corrected chi connectivity index (χ0v) is 8.77. The van der Waals surface area contributed by atoms with E-state index in [4.69, 9.17) is 10.8 Å². The van der Waals surface area contributed by atoms with Crippen molar-refractivity contribution in [1.29, 1.82) is 0 Å². The van der Waals surface area contributed by atoms with E-state index in [0.29, 0.717) is 6.42 Å². The van der Waals surface area contributed by atoms with Crippen LogP contribution >= 0.6 is 12.4 Å². The maximum absolute atomic E-state index is 10.5. The zero-order chi connectivity index (χ0) is 9.19. The van der Waals surface area contributed by atoms with Crippen molar-refractivity contribution in [3.05, 3.63) is 0 Å². The molecule has 0 radical (unpaired) electrons. The molecule has 0 saturated heterocycles. The van der Waals surface area contributed by atoms with Crippen LogP contribution in [0.25, 0.3) is 0 Å². The lowest BCUT2D eigenvalue weighted by atomic mass is 9.82. The van der Waals surface area contributed by atoms with Crippen LogP contribution in [-0.4, -0.2) is 17.1 Å². The lowest BCUT2D eigenvalue weighted by Gasteiger charge is -2.25. The highest BCUT2D eigenvalue weighted by atomic mass is 35.5. The maximum Gasteiger partial charge on any atom is 0.320 e. The minimum Gasteiger partial charge on any atom is -0.480 e. The third-order valence-corrected chi connectivity index (χ3v) is 2.84. The summed E-state index contributed by atoms with van der Waals surface area (Å²) in [4.78, 5) is 10.5. The van der Waals surface area contributed by atoms with E-state index in [2.05, 4.69) is 6.92 Å². The second kappa shape index (κ2) is 4.82. The number of carboxylic acid groups (broad SMARTS) is 1. The van der Waals surface area contributed by atoms with Crippen molar-refractivity contribution in [2.45, 2.75) is 45.1 Å². The first-order valence-electron chi connectivity index (χ1n) is 4.52. The molecule has 0 bridgehead atoms. The second-order valence-electron chi connectivity index (χ2n) is 4.17. The number of carbonyl (C=O) groups is 1. The largest absolute Gasteiger partial charge is 0.480 e. The molecule has 78 valence electrons. The Balaban J connectivity index is 0.00000144. The highest BCUT2D eigenvalue weighted by Gasteiger charge is 2.32. The molecule has 0 aromatic rings. The van der Waals surface area contributed by atoms with Gasteiger partial charge in [-0.1, -0.05) is 19.8 Å². The predicted molar refractivity (Wildman–Crippen MR) is 54.1 cm³/mol. The first-order chi connectivity index (χ1) is 5.53. The van der Waals surface area contributed by atoms with Crippen LogP contribution in [-0.2, 0) is 4.79 Å². The smallest absolute Gasteiger partial charge is 0.320 e. The maximum atomic E-state index is 10.5. The van der Waals surface area contributed by atoms with Crippen molar-refractivity contribution in [2.24, 2.45) is 11.1 Å². The van der Waals surface area contributed by atoms with Gasteiger partial charge in [0.05, 0.1) is 0 Å². The van der Waals surface area contributed by atoms with Crippen molar-refractivity contribution in [3.63, 3.8) is 0 Å². The van der Waals surface area contributed by atoms with Gasteiger partial charge in [-0.2, -0.15) is 0 Å². The fraction of sp³-hybridized carbons (Fsp3) is 0.889. The molecular formula is C9H18ClNO2. The van der Waals surface area contributed by atoms with E-state index in [0.717, 1.165) is 12.8 Å². The molecule has 0 aromatic heterocycles. The zero-order valence-electron chi connectivity index (χ0n) is 7.95. The van der Waals surface area contributed by atoms with Crippen molar-refractivity contribution in [1.82, 2.24) is 0 Å². The van der Waals surface area contributed by atoms with Gasteiger partial charge >= 0.3 is 5.97 Å². The Morgan fingerprint density at radius 2 is 2.00 bits per heavy atom. The van der Waals surface area contributed by atoms with Gasteiger partial charge < -0.3 is 10.8 Å². The number of hydrogen-bond donors (Lipinski definition) is 2. The van der Waals surface area contributed by atoms with E-state index < -0.39 is 12.0 Å². The molecule has 0 amide bonds. The summed E-state index contributed by atoms with van der Waals surface area (Å²) in [6.45, 7) is 2.14. The molecule has 4 heteroatoms. The summed E-state index contributed by atoms with van der Waals surface area (Å²) in [6.07, 6.45) is 5.34. The average molecular weight is 208 g/mol. The summed E-state index contributed by atoms with van der Waals surface area (Å²) in [5, 5.41) is 8.63. The fourth-order valence-corrected chi connectivity index (χ4v) is 2.05. The van der Waals surface area contributed by atoms with Crippen molar-refractivity contribution < 1.29 is 9.90 Å². The lowest BCUT2D eigenvalue weighted by Crippen LogP contribution is -2.35. The molecule has 1 aliphatic carbocycles. The van der Waals surface area contributed by atoms with E-state index in [1.807, 2.05) is 0 Å². The van der Waals surface area contributed by atoms with E-state index in [1.54, 1.807) is 0 Å². The highest BCUT2D eigenvalue weighted by molar-refractivity contribution is 5.85. The third-order valence-electron chi connectivity index (χ3n) is 2.84. The van der Waals surface area contributed by atoms with Crippen LogP contribution in [0.3, 0.4) is 0 Å². The van der Waals surface area contributed by atoms with Crippen LogP contribution in [0.5, 0.6) is 0 Å². The molecule has 1 fully saturated rings. The molecule has 3 N–H and O–H groups in total. The van der Waals surface area contributed by atoms with Gasteiger partial charge in [0.1, 0.15) is 6.04 Å². The number of aliphatic carboxylic acids is 1. The van der Waals surface area contributed by atoms with Gasteiger partial charge in [0, 0.05) is 0 Å². The molecule has 13 heavy (non-hydrogen) atoms. The Morgan fingerprint density at radius 1 is 1.54 bits per heavy atom.